The van der Waals surface area contributed by atoms with E-state index >= 15 is 0 Å². The van der Waals surface area contributed by atoms with Gasteiger partial charge in [0.05, 0.1) is 0 Å². The molecule has 2 N–H and O–H groups in total. The summed E-state index contributed by atoms with van der Waals surface area (Å²) in [6.07, 6.45) is 7.51. The molecule has 0 bridgehead atoms. The highest BCUT2D eigenvalue weighted by molar-refractivity contribution is 7.15. The van der Waals surface area contributed by atoms with Gasteiger partial charge in [0.25, 0.3) is 0 Å². The first kappa shape index (κ1) is 20.7. The number of benzene rings is 1. The lowest BCUT2D eigenvalue weighted by Crippen LogP contribution is -2.50. The fourth-order valence-corrected chi connectivity index (χ4v) is 4.90. The third-order valence-corrected chi connectivity index (χ3v) is 6.55. The van der Waals surface area contributed by atoms with Crippen LogP contribution >= 0.6 is 11.3 Å². The first-order valence-corrected chi connectivity index (χ1v) is 11.3. The summed E-state index contributed by atoms with van der Waals surface area (Å²) in [5.74, 6) is -0.506. The van der Waals surface area contributed by atoms with E-state index in [1.54, 1.807) is 17.0 Å². The average molecular weight is 432 g/mol. The van der Waals surface area contributed by atoms with Crippen LogP contribution in [0.25, 0.3) is 0 Å². The molecule has 4 rings (SSSR count). The minimum atomic E-state index is -0.488. The minimum absolute atomic E-state index is 0.145. The number of rotatable bonds is 5. The van der Waals surface area contributed by atoms with Gasteiger partial charge in [-0.1, -0.05) is 42.7 Å². The predicted octanol–water partition coefficient (Wildman–Crippen LogP) is 3.71. The molecule has 1 saturated carbocycles. The Labute approximate surface area is 179 Å². The topological polar surface area (TPSA) is 87.2 Å². The monoisotopic (exact) mass is 431 g/mol. The minimum Gasteiger partial charge on any atom is -0.335 e. The van der Waals surface area contributed by atoms with Crippen molar-refractivity contribution in [2.75, 3.05) is 11.9 Å². The van der Waals surface area contributed by atoms with Gasteiger partial charge < -0.3 is 10.2 Å². The van der Waals surface area contributed by atoms with Crippen molar-refractivity contribution in [1.82, 2.24) is 20.4 Å². The maximum absolute atomic E-state index is 13.0. The number of aromatic nitrogens is 2. The molecule has 0 spiro atoms. The standard InChI is InChI=1S/C21H26FN5O2S/c22-15-10-8-14(9-11-15)13-18-25-26-20(30-18)24-19(28)17-7-4-12-27(17)21(29)23-16-5-2-1-3-6-16/h8-11,16-17H,1-7,12-13H2,(H,23,29)(H,24,26,28)/t17-/m0/s1. The van der Waals surface area contributed by atoms with Crippen molar-refractivity contribution < 1.29 is 14.0 Å². The van der Waals surface area contributed by atoms with Gasteiger partial charge in [-0.05, 0) is 43.4 Å². The number of nitrogens with one attached hydrogen (secondary N) is 2. The van der Waals surface area contributed by atoms with E-state index in [4.69, 9.17) is 0 Å². The largest absolute Gasteiger partial charge is 0.335 e. The Morgan fingerprint density at radius 2 is 1.83 bits per heavy atom. The predicted molar refractivity (Wildman–Crippen MR) is 113 cm³/mol. The van der Waals surface area contributed by atoms with Gasteiger partial charge in [-0.15, -0.1) is 10.2 Å². The highest BCUT2D eigenvalue weighted by Crippen LogP contribution is 2.23. The van der Waals surface area contributed by atoms with E-state index in [1.807, 2.05) is 0 Å². The van der Waals surface area contributed by atoms with E-state index < -0.39 is 6.04 Å². The summed E-state index contributed by atoms with van der Waals surface area (Å²) in [4.78, 5) is 27.1. The number of hydrogen-bond acceptors (Lipinski definition) is 5. The van der Waals surface area contributed by atoms with Gasteiger partial charge in [0.1, 0.15) is 16.9 Å². The fraction of sp³-hybridized carbons (Fsp3) is 0.524. The number of hydrogen-bond donors (Lipinski definition) is 2. The number of nitrogens with zero attached hydrogens (tertiary/aromatic N) is 3. The van der Waals surface area contributed by atoms with E-state index in [0.29, 0.717) is 24.5 Å². The van der Waals surface area contributed by atoms with Gasteiger partial charge in [0.2, 0.25) is 11.0 Å². The van der Waals surface area contributed by atoms with E-state index in [-0.39, 0.29) is 23.8 Å². The van der Waals surface area contributed by atoms with Crippen LogP contribution in [0.1, 0.15) is 55.5 Å². The Morgan fingerprint density at radius 3 is 2.60 bits per heavy atom. The third kappa shape index (κ3) is 5.13. The normalized spacial score (nSPS) is 19.6. The lowest BCUT2D eigenvalue weighted by molar-refractivity contribution is -0.119. The number of carbonyl (C=O) groups excluding carboxylic acids is 2. The highest BCUT2D eigenvalue weighted by Gasteiger charge is 2.35. The summed E-state index contributed by atoms with van der Waals surface area (Å²) in [6.45, 7) is 0.586. The van der Waals surface area contributed by atoms with Crippen molar-refractivity contribution >= 4 is 28.4 Å². The summed E-state index contributed by atoms with van der Waals surface area (Å²) < 4.78 is 13.0. The van der Waals surface area contributed by atoms with E-state index in [2.05, 4.69) is 20.8 Å². The van der Waals surface area contributed by atoms with Crippen LogP contribution in [0.15, 0.2) is 24.3 Å². The maximum Gasteiger partial charge on any atom is 0.318 e. The van der Waals surface area contributed by atoms with E-state index in [9.17, 15) is 14.0 Å². The Hall–Kier alpha value is -2.55. The molecule has 1 saturated heterocycles. The first-order valence-electron chi connectivity index (χ1n) is 10.5. The van der Waals surface area contributed by atoms with Gasteiger partial charge in [-0.3, -0.25) is 10.1 Å². The van der Waals surface area contributed by atoms with Crippen LogP contribution < -0.4 is 10.6 Å². The number of likely N-dealkylation sites (tertiary alicyclic amines) is 1. The van der Waals surface area contributed by atoms with Crippen LogP contribution in [0.3, 0.4) is 0 Å². The molecular weight excluding hydrogens is 405 g/mol. The van der Waals surface area contributed by atoms with Crippen LogP contribution in [0.5, 0.6) is 0 Å². The van der Waals surface area contributed by atoms with Crippen LogP contribution in [-0.2, 0) is 11.2 Å². The van der Waals surface area contributed by atoms with Crippen molar-refractivity contribution in [2.24, 2.45) is 0 Å². The van der Waals surface area contributed by atoms with Crippen molar-refractivity contribution in [3.63, 3.8) is 0 Å². The van der Waals surface area contributed by atoms with Gasteiger partial charge in [-0.25, -0.2) is 9.18 Å². The van der Waals surface area contributed by atoms with Crippen molar-refractivity contribution in [2.45, 2.75) is 63.5 Å². The maximum atomic E-state index is 13.0. The van der Waals surface area contributed by atoms with Crippen LogP contribution in [0.2, 0.25) is 0 Å². The molecule has 2 fully saturated rings. The molecule has 2 aliphatic rings. The zero-order valence-corrected chi connectivity index (χ0v) is 17.6. The van der Waals surface area contributed by atoms with Gasteiger partial charge in [-0.2, -0.15) is 0 Å². The summed E-state index contributed by atoms with van der Waals surface area (Å²) in [5, 5.41) is 15.2. The molecule has 30 heavy (non-hydrogen) atoms. The molecular formula is C21H26FN5O2S. The fourth-order valence-electron chi connectivity index (χ4n) is 4.13. The third-order valence-electron chi connectivity index (χ3n) is 5.71. The molecule has 3 amide bonds. The Morgan fingerprint density at radius 1 is 1.07 bits per heavy atom. The Balaban J connectivity index is 1.33. The molecule has 1 aromatic heterocycles. The molecule has 2 aromatic rings. The molecule has 1 aliphatic heterocycles. The van der Waals surface area contributed by atoms with Gasteiger partial charge >= 0.3 is 6.03 Å². The second-order valence-corrected chi connectivity index (χ2v) is 8.99. The van der Waals surface area contributed by atoms with E-state index in [0.717, 1.165) is 42.7 Å². The molecule has 7 nitrogen and oxygen atoms in total. The molecule has 2 heterocycles. The average Bonchev–Trinajstić information content (AvgIpc) is 3.40. The molecule has 0 unspecified atom stereocenters. The molecule has 1 atom stereocenters. The summed E-state index contributed by atoms with van der Waals surface area (Å²) in [7, 11) is 0. The summed E-state index contributed by atoms with van der Waals surface area (Å²) in [5.41, 5.74) is 0.923. The van der Waals surface area contributed by atoms with Gasteiger partial charge in [0.15, 0.2) is 0 Å². The second kappa shape index (κ2) is 9.51. The molecule has 1 aliphatic carbocycles. The van der Waals surface area contributed by atoms with Crippen LogP contribution in [-0.4, -0.2) is 45.7 Å². The number of halogens is 1. The second-order valence-electron chi connectivity index (χ2n) is 7.93. The summed E-state index contributed by atoms with van der Waals surface area (Å²) in [6, 6.07) is 5.81. The first-order chi connectivity index (χ1) is 14.6. The molecule has 1 aromatic carbocycles. The van der Waals surface area contributed by atoms with Crippen molar-refractivity contribution in [3.05, 3.63) is 40.7 Å². The lowest BCUT2D eigenvalue weighted by Gasteiger charge is -2.28. The van der Waals surface area contributed by atoms with Gasteiger partial charge in [0, 0.05) is 19.0 Å². The van der Waals surface area contributed by atoms with Crippen LogP contribution in [0, 0.1) is 5.82 Å². The zero-order valence-electron chi connectivity index (χ0n) is 16.8. The molecule has 9 heteroatoms. The SMILES string of the molecule is O=C(Nc1nnc(Cc2ccc(F)cc2)s1)[C@@H]1CCCN1C(=O)NC1CCCCC1. The zero-order chi connectivity index (χ0) is 20.9. The summed E-state index contributed by atoms with van der Waals surface area (Å²) >= 11 is 1.29. The van der Waals surface area contributed by atoms with Crippen molar-refractivity contribution in [1.29, 1.82) is 0 Å². The van der Waals surface area contributed by atoms with Crippen molar-refractivity contribution in [3.8, 4) is 0 Å². The Kier molecular flexibility index (Phi) is 6.56. The van der Waals surface area contributed by atoms with E-state index in [1.165, 1.54) is 29.9 Å². The lowest BCUT2D eigenvalue weighted by atomic mass is 9.96. The number of amides is 3. The highest BCUT2D eigenvalue weighted by atomic mass is 32.1. The smallest absolute Gasteiger partial charge is 0.318 e. The molecule has 160 valence electrons. The number of carbonyl (C=O) groups is 2. The Bertz CT molecular complexity index is 882. The number of urea groups is 1. The number of anilines is 1. The quantitative estimate of drug-likeness (QED) is 0.756. The molecule has 0 radical (unpaired) electrons. The van der Waals surface area contributed by atoms with Crippen LogP contribution in [0.4, 0.5) is 14.3 Å².